The van der Waals surface area contributed by atoms with E-state index in [4.69, 9.17) is 11.6 Å². The van der Waals surface area contributed by atoms with Gasteiger partial charge in [0.25, 0.3) is 0 Å². The molecule has 1 aromatic carbocycles. The zero-order chi connectivity index (χ0) is 13.0. The number of hydrogen-bond acceptors (Lipinski definition) is 1. The normalized spacial score (nSPS) is 15.6. The van der Waals surface area contributed by atoms with Crippen molar-refractivity contribution in [1.82, 2.24) is 10.2 Å². The molecule has 18 heavy (non-hydrogen) atoms. The molecule has 4 heteroatoms. The maximum Gasteiger partial charge on any atom is 0.193 e. The number of nitrogens with one attached hydrogen (secondary N) is 1. The van der Waals surface area contributed by atoms with Crippen molar-refractivity contribution in [3.63, 3.8) is 0 Å². The summed E-state index contributed by atoms with van der Waals surface area (Å²) in [5, 5.41) is 4.21. The van der Waals surface area contributed by atoms with Crippen LogP contribution in [-0.2, 0) is 6.54 Å². The minimum atomic E-state index is 0.768. The number of halogens is 1. The molecule has 1 N–H and O–H groups in total. The third-order valence-corrected chi connectivity index (χ3v) is 3.55. The van der Waals surface area contributed by atoms with Crippen LogP contribution in [0.25, 0.3) is 0 Å². The first-order valence-electron chi connectivity index (χ1n) is 6.36. The Labute approximate surface area is 114 Å². The molecule has 98 valence electrons. The van der Waals surface area contributed by atoms with E-state index in [-0.39, 0.29) is 0 Å². The van der Waals surface area contributed by atoms with Gasteiger partial charge in [-0.2, -0.15) is 0 Å². The fourth-order valence-corrected chi connectivity index (χ4v) is 2.09. The van der Waals surface area contributed by atoms with Gasteiger partial charge in [-0.15, -0.1) is 0 Å². The fourth-order valence-electron chi connectivity index (χ4n) is 1.90. The van der Waals surface area contributed by atoms with Crippen molar-refractivity contribution in [2.75, 3.05) is 20.6 Å². The molecule has 0 atom stereocenters. The lowest BCUT2D eigenvalue weighted by Gasteiger charge is -2.22. The lowest BCUT2D eigenvalue weighted by Crippen LogP contribution is -2.39. The van der Waals surface area contributed by atoms with Gasteiger partial charge in [0.1, 0.15) is 0 Å². The average Bonchev–Trinajstić information content (AvgIpc) is 3.17. The molecule has 2 rings (SSSR count). The minimum Gasteiger partial charge on any atom is -0.356 e. The number of aliphatic imine (C=N–C) groups is 1. The van der Waals surface area contributed by atoms with E-state index < -0.39 is 0 Å². The second kappa shape index (κ2) is 6.10. The monoisotopic (exact) mass is 265 g/mol. The third kappa shape index (κ3) is 3.64. The second-order valence-corrected chi connectivity index (χ2v) is 5.23. The molecule has 0 spiro atoms. The van der Waals surface area contributed by atoms with E-state index in [9.17, 15) is 0 Å². The van der Waals surface area contributed by atoms with Crippen molar-refractivity contribution >= 4 is 17.6 Å². The molecule has 3 nitrogen and oxygen atoms in total. The quantitative estimate of drug-likeness (QED) is 0.670. The summed E-state index contributed by atoms with van der Waals surface area (Å²) in [6.45, 7) is 1.80. The molecule has 0 aliphatic heterocycles. The van der Waals surface area contributed by atoms with Crippen LogP contribution in [0.5, 0.6) is 0 Å². The Morgan fingerprint density at radius 1 is 1.44 bits per heavy atom. The Morgan fingerprint density at radius 3 is 2.78 bits per heavy atom. The van der Waals surface area contributed by atoms with Crippen molar-refractivity contribution in [3.8, 4) is 0 Å². The van der Waals surface area contributed by atoms with Crippen LogP contribution < -0.4 is 5.32 Å². The van der Waals surface area contributed by atoms with Crippen molar-refractivity contribution < 1.29 is 0 Å². The molecule has 1 aliphatic carbocycles. The largest absolute Gasteiger partial charge is 0.356 e. The zero-order valence-corrected chi connectivity index (χ0v) is 11.7. The van der Waals surface area contributed by atoms with Crippen LogP contribution in [0.2, 0.25) is 5.02 Å². The highest BCUT2D eigenvalue weighted by Gasteiger charge is 2.21. The molecule has 1 saturated carbocycles. The van der Waals surface area contributed by atoms with Crippen molar-refractivity contribution in [2.45, 2.75) is 19.4 Å². The van der Waals surface area contributed by atoms with Crippen molar-refractivity contribution in [2.24, 2.45) is 10.9 Å². The molecule has 0 aromatic heterocycles. The van der Waals surface area contributed by atoms with Crippen LogP contribution in [0.1, 0.15) is 18.4 Å². The van der Waals surface area contributed by atoms with Gasteiger partial charge in [-0.25, -0.2) is 0 Å². The van der Waals surface area contributed by atoms with Crippen LogP contribution in [0.3, 0.4) is 0 Å². The van der Waals surface area contributed by atoms with Crippen molar-refractivity contribution in [1.29, 1.82) is 0 Å². The highest BCUT2D eigenvalue weighted by Crippen LogP contribution is 2.27. The summed E-state index contributed by atoms with van der Waals surface area (Å²) in [6, 6.07) is 7.93. The van der Waals surface area contributed by atoms with E-state index in [1.807, 2.05) is 38.4 Å². The van der Waals surface area contributed by atoms with Crippen LogP contribution in [-0.4, -0.2) is 31.5 Å². The Bertz CT molecular complexity index is 427. The predicted molar refractivity (Wildman–Crippen MR) is 77.0 cm³/mol. The van der Waals surface area contributed by atoms with Gasteiger partial charge in [-0.1, -0.05) is 29.8 Å². The van der Waals surface area contributed by atoms with Gasteiger partial charge >= 0.3 is 0 Å². The lowest BCUT2D eigenvalue weighted by atomic mass is 10.2. The number of rotatable bonds is 4. The maximum atomic E-state index is 6.17. The summed E-state index contributed by atoms with van der Waals surface area (Å²) in [5.74, 6) is 1.78. The molecule has 1 aromatic rings. The maximum absolute atomic E-state index is 6.17. The summed E-state index contributed by atoms with van der Waals surface area (Å²) in [7, 11) is 3.85. The van der Waals surface area contributed by atoms with Crippen molar-refractivity contribution in [3.05, 3.63) is 34.9 Å². The predicted octanol–water partition coefficient (Wildman–Crippen LogP) is 2.76. The Hall–Kier alpha value is -1.22. The number of guanidine groups is 1. The van der Waals surface area contributed by atoms with E-state index in [0.717, 1.165) is 35.6 Å². The van der Waals surface area contributed by atoms with E-state index in [0.29, 0.717) is 0 Å². The molecular formula is C14H20ClN3. The smallest absolute Gasteiger partial charge is 0.193 e. The zero-order valence-electron chi connectivity index (χ0n) is 11.0. The van der Waals surface area contributed by atoms with E-state index in [1.165, 1.54) is 12.8 Å². The first-order valence-corrected chi connectivity index (χ1v) is 6.73. The van der Waals surface area contributed by atoms with E-state index in [1.54, 1.807) is 0 Å². The molecule has 1 aliphatic rings. The summed E-state index contributed by atoms with van der Waals surface area (Å²) in [4.78, 5) is 6.40. The summed E-state index contributed by atoms with van der Waals surface area (Å²) >= 11 is 6.17. The number of nitrogens with zero attached hydrogens (tertiary/aromatic N) is 2. The topological polar surface area (TPSA) is 27.6 Å². The highest BCUT2D eigenvalue weighted by molar-refractivity contribution is 6.31. The molecule has 0 heterocycles. The van der Waals surface area contributed by atoms with Gasteiger partial charge < -0.3 is 10.2 Å². The van der Waals surface area contributed by atoms with E-state index in [2.05, 4.69) is 15.2 Å². The molecule has 0 amide bonds. The molecular weight excluding hydrogens is 246 g/mol. The first-order chi connectivity index (χ1) is 8.70. The molecule has 1 fully saturated rings. The summed E-state index contributed by atoms with van der Waals surface area (Å²) in [6.07, 6.45) is 2.69. The van der Waals surface area contributed by atoms with Crippen LogP contribution in [0, 0.1) is 5.92 Å². The standard InChI is InChI=1S/C14H20ClN3/c1-16-14(17-9-11-7-8-11)18(2)10-12-5-3-4-6-13(12)15/h3-6,11H,7-10H2,1-2H3,(H,16,17). The Kier molecular flexibility index (Phi) is 4.48. The van der Waals surface area contributed by atoms with Gasteiger partial charge in [0.05, 0.1) is 0 Å². The number of hydrogen-bond donors (Lipinski definition) is 1. The summed E-state index contributed by atoms with van der Waals surface area (Å²) in [5.41, 5.74) is 1.12. The number of benzene rings is 1. The van der Waals surface area contributed by atoms with Gasteiger partial charge in [0.2, 0.25) is 0 Å². The molecule has 0 saturated heterocycles. The van der Waals surface area contributed by atoms with E-state index >= 15 is 0 Å². The average molecular weight is 266 g/mol. The van der Waals surface area contributed by atoms with Gasteiger partial charge in [0.15, 0.2) is 5.96 Å². The van der Waals surface area contributed by atoms with Gasteiger partial charge in [-0.3, -0.25) is 4.99 Å². The third-order valence-electron chi connectivity index (χ3n) is 3.18. The first kappa shape index (κ1) is 13.2. The Morgan fingerprint density at radius 2 is 2.17 bits per heavy atom. The lowest BCUT2D eigenvalue weighted by molar-refractivity contribution is 0.475. The molecule has 0 unspecified atom stereocenters. The van der Waals surface area contributed by atoms with Crippen LogP contribution in [0.4, 0.5) is 0 Å². The minimum absolute atomic E-state index is 0.768. The fraction of sp³-hybridized carbons (Fsp3) is 0.500. The van der Waals surface area contributed by atoms with Gasteiger partial charge in [0, 0.05) is 32.2 Å². The SMILES string of the molecule is CN=C(NCC1CC1)N(C)Cc1ccccc1Cl. The second-order valence-electron chi connectivity index (χ2n) is 4.82. The highest BCUT2D eigenvalue weighted by atomic mass is 35.5. The van der Waals surface area contributed by atoms with Gasteiger partial charge in [-0.05, 0) is 30.4 Å². The van der Waals surface area contributed by atoms with Crippen LogP contribution >= 0.6 is 11.6 Å². The molecule has 0 bridgehead atoms. The summed E-state index contributed by atoms with van der Waals surface area (Å²) < 4.78 is 0. The molecule has 0 radical (unpaired) electrons. The Balaban J connectivity index is 1.92. The van der Waals surface area contributed by atoms with Crippen LogP contribution in [0.15, 0.2) is 29.3 Å².